The Bertz CT molecular complexity index is 618. The summed E-state index contributed by atoms with van der Waals surface area (Å²) in [4.78, 5) is 0. The Morgan fingerprint density at radius 2 is 2.28 bits per heavy atom. The first-order valence-corrected chi connectivity index (χ1v) is 6.39. The molecule has 10 nitrogen and oxygen atoms in total. The van der Waals surface area contributed by atoms with Crippen LogP contribution in [0.5, 0.6) is 0 Å². The zero-order chi connectivity index (χ0) is 13.2. The third-order valence-corrected chi connectivity index (χ3v) is 2.95. The van der Waals surface area contributed by atoms with Crippen molar-refractivity contribution in [2.75, 3.05) is 13.7 Å². The summed E-state index contributed by atoms with van der Waals surface area (Å²) in [6.45, 7) is 0.517. The second kappa shape index (κ2) is 4.80. The zero-order valence-corrected chi connectivity index (χ0v) is 10.3. The smallest absolute Gasteiger partial charge is 0.273 e. The summed E-state index contributed by atoms with van der Waals surface area (Å²) in [6.07, 6.45) is 1.40. The number of sulfonamides is 1. The molecular weight excluding hydrogens is 262 g/mol. The van der Waals surface area contributed by atoms with Crippen LogP contribution in [0.1, 0.15) is 0 Å². The van der Waals surface area contributed by atoms with Crippen molar-refractivity contribution in [3.63, 3.8) is 0 Å². The molecule has 0 saturated carbocycles. The molecule has 2 rings (SSSR count). The van der Waals surface area contributed by atoms with Crippen LogP contribution in [0.15, 0.2) is 11.4 Å². The van der Waals surface area contributed by atoms with Gasteiger partial charge < -0.3 is 4.74 Å². The van der Waals surface area contributed by atoms with Crippen molar-refractivity contribution >= 4 is 10.0 Å². The van der Waals surface area contributed by atoms with E-state index in [1.54, 1.807) is 0 Å². The van der Waals surface area contributed by atoms with E-state index in [2.05, 4.69) is 25.6 Å². The van der Waals surface area contributed by atoms with E-state index in [0.29, 0.717) is 5.69 Å². The van der Waals surface area contributed by atoms with E-state index in [1.165, 1.54) is 17.9 Å². The summed E-state index contributed by atoms with van der Waals surface area (Å²) in [5.74, 6) is 0.254. The highest BCUT2D eigenvalue weighted by molar-refractivity contribution is 7.89. The molecule has 18 heavy (non-hydrogen) atoms. The van der Waals surface area contributed by atoms with Crippen LogP contribution in [-0.2, 0) is 21.3 Å². The molecule has 0 saturated heterocycles. The van der Waals surface area contributed by atoms with E-state index in [9.17, 15) is 8.42 Å². The first-order chi connectivity index (χ1) is 8.54. The lowest BCUT2D eigenvalue weighted by Gasteiger charge is -2.06. The fraction of sp³-hybridized carbons (Fsp3) is 0.429. The summed E-state index contributed by atoms with van der Waals surface area (Å²) in [5.41, 5.74) is 0.369. The van der Waals surface area contributed by atoms with Crippen molar-refractivity contribution in [2.24, 2.45) is 5.14 Å². The summed E-state index contributed by atoms with van der Waals surface area (Å²) >= 11 is 0. The van der Waals surface area contributed by atoms with Gasteiger partial charge in [-0.25, -0.2) is 13.6 Å². The standard InChI is InChI=1S/C7H11N7O3S/c1-17-3-2-14-6(5-4-9-13-10-5)11-12-7(14)18(8,15)16/h4H,2-3H2,1H3,(H2,8,15,16)(H,9,10,13). The van der Waals surface area contributed by atoms with Gasteiger partial charge in [0.25, 0.3) is 15.2 Å². The number of nitrogens with zero attached hydrogens (tertiary/aromatic N) is 5. The van der Waals surface area contributed by atoms with Gasteiger partial charge in [-0.1, -0.05) is 0 Å². The van der Waals surface area contributed by atoms with Crippen LogP contribution in [0.25, 0.3) is 11.5 Å². The van der Waals surface area contributed by atoms with Gasteiger partial charge >= 0.3 is 0 Å². The lowest BCUT2D eigenvalue weighted by atomic mass is 10.4. The van der Waals surface area contributed by atoms with Crippen molar-refractivity contribution < 1.29 is 13.2 Å². The van der Waals surface area contributed by atoms with E-state index in [0.717, 1.165) is 0 Å². The van der Waals surface area contributed by atoms with Crippen LogP contribution in [0.3, 0.4) is 0 Å². The van der Waals surface area contributed by atoms with Crippen molar-refractivity contribution in [1.82, 2.24) is 30.2 Å². The Hall–Kier alpha value is -1.85. The number of aromatic amines is 1. The minimum Gasteiger partial charge on any atom is -0.383 e. The van der Waals surface area contributed by atoms with Gasteiger partial charge in [0, 0.05) is 7.11 Å². The second-order valence-electron chi connectivity index (χ2n) is 3.35. The molecule has 0 radical (unpaired) electrons. The number of primary sulfonamides is 1. The zero-order valence-electron chi connectivity index (χ0n) is 9.44. The van der Waals surface area contributed by atoms with E-state index >= 15 is 0 Å². The van der Waals surface area contributed by atoms with Gasteiger partial charge in [-0.05, 0) is 0 Å². The summed E-state index contributed by atoms with van der Waals surface area (Å²) in [6, 6.07) is 0. The number of hydrogen-bond acceptors (Lipinski definition) is 7. The highest BCUT2D eigenvalue weighted by atomic mass is 32.2. The molecule has 0 unspecified atom stereocenters. The molecule has 0 fully saturated rings. The van der Waals surface area contributed by atoms with Crippen LogP contribution >= 0.6 is 0 Å². The number of rotatable bonds is 5. The van der Waals surface area contributed by atoms with Gasteiger partial charge in [-0.2, -0.15) is 15.4 Å². The Balaban J connectivity index is 2.51. The molecule has 0 aromatic carbocycles. The average molecular weight is 273 g/mol. The van der Waals surface area contributed by atoms with E-state index < -0.39 is 10.0 Å². The molecule has 98 valence electrons. The topological polar surface area (TPSA) is 142 Å². The van der Waals surface area contributed by atoms with Crippen LogP contribution in [-0.4, -0.2) is 52.3 Å². The molecule has 0 aliphatic heterocycles. The third-order valence-electron chi connectivity index (χ3n) is 2.13. The van der Waals surface area contributed by atoms with Crippen LogP contribution in [0.4, 0.5) is 0 Å². The fourth-order valence-electron chi connectivity index (χ4n) is 1.38. The van der Waals surface area contributed by atoms with Crippen molar-refractivity contribution in [1.29, 1.82) is 0 Å². The van der Waals surface area contributed by atoms with Gasteiger partial charge in [-0.15, -0.1) is 10.2 Å². The van der Waals surface area contributed by atoms with Gasteiger partial charge in [0.05, 0.1) is 19.3 Å². The minimum atomic E-state index is -3.96. The molecule has 2 heterocycles. The maximum Gasteiger partial charge on any atom is 0.273 e. The first-order valence-electron chi connectivity index (χ1n) is 4.85. The molecule has 3 N–H and O–H groups in total. The number of hydrogen-bond donors (Lipinski definition) is 2. The number of nitrogens with two attached hydrogens (primary N) is 1. The predicted octanol–water partition coefficient (Wildman–Crippen LogP) is -1.64. The van der Waals surface area contributed by atoms with Crippen LogP contribution < -0.4 is 5.14 Å². The lowest BCUT2D eigenvalue weighted by molar-refractivity contribution is 0.185. The predicted molar refractivity (Wildman–Crippen MR) is 58.6 cm³/mol. The lowest BCUT2D eigenvalue weighted by Crippen LogP contribution is -2.20. The molecule has 0 aliphatic carbocycles. The quantitative estimate of drug-likeness (QED) is 0.665. The Kier molecular flexibility index (Phi) is 3.36. The Morgan fingerprint density at radius 1 is 1.50 bits per heavy atom. The monoisotopic (exact) mass is 273 g/mol. The fourth-order valence-corrected chi connectivity index (χ4v) is 2.02. The maximum absolute atomic E-state index is 11.4. The van der Waals surface area contributed by atoms with Gasteiger partial charge in [0.15, 0.2) is 5.82 Å². The highest BCUT2D eigenvalue weighted by Crippen LogP contribution is 2.16. The second-order valence-corrected chi connectivity index (χ2v) is 4.81. The Morgan fingerprint density at radius 3 is 2.83 bits per heavy atom. The summed E-state index contributed by atoms with van der Waals surface area (Å²) < 4.78 is 29.0. The summed E-state index contributed by atoms with van der Waals surface area (Å²) in [7, 11) is -2.46. The van der Waals surface area contributed by atoms with Crippen molar-refractivity contribution in [3.8, 4) is 11.5 Å². The Labute approximate surface area is 102 Å². The third kappa shape index (κ3) is 2.37. The molecule has 0 aliphatic rings. The largest absolute Gasteiger partial charge is 0.383 e. The molecule has 0 spiro atoms. The number of ether oxygens (including phenoxy) is 1. The number of nitrogens with one attached hydrogen (secondary N) is 1. The van der Waals surface area contributed by atoms with Gasteiger partial charge in [0.2, 0.25) is 0 Å². The average Bonchev–Trinajstić information content (AvgIpc) is 2.93. The molecule has 2 aromatic rings. The minimum absolute atomic E-state index is 0.234. The highest BCUT2D eigenvalue weighted by Gasteiger charge is 2.22. The van der Waals surface area contributed by atoms with E-state index in [4.69, 9.17) is 9.88 Å². The summed E-state index contributed by atoms with van der Waals surface area (Å²) in [5, 5.41) is 21.9. The van der Waals surface area contributed by atoms with Crippen molar-refractivity contribution in [3.05, 3.63) is 6.20 Å². The van der Waals surface area contributed by atoms with Crippen LogP contribution in [0, 0.1) is 0 Å². The molecule has 0 amide bonds. The number of H-pyrrole nitrogens is 1. The molecule has 2 aromatic heterocycles. The number of methoxy groups -OCH3 is 1. The number of aromatic nitrogens is 6. The molecular formula is C7H11N7O3S. The normalized spacial score (nSPS) is 11.9. The maximum atomic E-state index is 11.4. The molecule has 0 bridgehead atoms. The van der Waals surface area contributed by atoms with E-state index in [1.807, 2.05) is 0 Å². The van der Waals surface area contributed by atoms with Gasteiger partial charge in [-0.3, -0.25) is 4.57 Å². The molecule has 0 atom stereocenters. The van der Waals surface area contributed by atoms with Crippen molar-refractivity contribution in [2.45, 2.75) is 11.7 Å². The first kappa shape index (κ1) is 12.6. The van der Waals surface area contributed by atoms with E-state index in [-0.39, 0.29) is 24.1 Å². The van der Waals surface area contributed by atoms with Gasteiger partial charge in [0.1, 0.15) is 5.69 Å². The van der Waals surface area contributed by atoms with Crippen LogP contribution in [0.2, 0.25) is 0 Å². The molecule has 11 heteroatoms. The SMILES string of the molecule is COCCn1c(-c2cn[nH]n2)nnc1S(N)(=O)=O.